The van der Waals surface area contributed by atoms with Gasteiger partial charge in [0, 0.05) is 9.26 Å². The Bertz CT molecular complexity index is 871. The highest BCUT2D eigenvalue weighted by Gasteiger charge is 2.31. The molecule has 1 fully saturated rings. The third-order valence-electron chi connectivity index (χ3n) is 3.43. The highest BCUT2D eigenvalue weighted by Crippen LogP contribution is 2.35. The maximum Gasteiger partial charge on any atom is 0.267 e. The van der Waals surface area contributed by atoms with Crippen molar-refractivity contribution in [2.24, 2.45) is 0 Å². The predicted octanol–water partition coefficient (Wildman–Crippen LogP) is 5.87. The average molecular weight is 521 g/mol. The van der Waals surface area contributed by atoms with Crippen molar-refractivity contribution in [3.8, 4) is 0 Å². The zero-order valence-corrected chi connectivity index (χ0v) is 17.9. The number of thiocarbonyl (C=S) groups is 1. The molecule has 1 aliphatic rings. The summed E-state index contributed by atoms with van der Waals surface area (Å²) in [6, 6.07) is 13.2. The number of nitrogens with one attached hydrogen (secondary N) is 1. The van der Waals surface area contributed by atoms with Gasteiger partial charge in [-0.05, 0) is 64.6 Å². The number of halogens is 3. The van der Waals surface area contributed by atoms with Gasteiger partial charge in [-0.25, -0.2) is 0 Å². The molecule has 0 aromatic heterocycles. The molecule has 8 heteroatoms. The fourth-order valence-electron chi connectivity index (χ4n) is 2.15. The summed E-state index contributed by atoms with van der Waals surface area (Å²) < 4.78 is 1.66. The Labute approximate surface area is 178 Å². The summed E-state index contributed by atoms with van der Waals surface area (Å²) in [6.07, 6.45) is 1.72. The van der Waals surface area contributed by atoms with E-state index in [1.807, 2.05) is 30.3 Å². The summed E-state index contributed by atoms with van der Waals surface area (Å²) in [5.74, 6) is -0.149. The molecule has 0 spiro atoms. The van der Waals surface area contributed by atoms with Crippen molar-refractivity contribution in [2.75, 3.05) is 12.0 Å². The van der Waals surface area contributed by atoms with E-state index in [9.17, 15) is 4.79 Å². The van der Waals surface area contributed by atoms with E-state index in [0.717, 1.165) is 9.26 Å². The second kappa shape index (κ2) is 8.26. The number of thioether (sulfide) groups is 1. The van der Waals surface area contributed by atoms with E-state index in [0.29, 0.717) is 31.5 Å². The van der Waals surface area contributed by atoms with Crippen molar-refractivity contribution in [2.45, 2.75) is 0 Å². The molecular formula is C17H11Cl2IN2OS2. The lowest BCUT2D eigenvalue weighted by Crippen LogP contribution is -2.33. The SMILES string of the molecule is O=C1C(=Cc2cccc(Cl)c2Cl)SC(=S)N1CNc1ccc(I)cc1. The number of nitrogens with zero attached hydrogens (tertiary/aromatic N) is 1. The Morgan fingerprint density at radius 1 is 1.20 bits per heavy atom. The minimum atomic E-state index is -0.149. The van der Waals surface area contributed by atoms with Crippen molar-refractivity contribution in [3.63, 3.8) is 0 Å². The number of anilines is 1. The van der Waals surface area contributed by atoms with Gasteiger partial charge in [-0.1, -0.05) is 59.3 Å². The standard InChI is InChI=1S/C17H11Cl2IN2OS2/c18-13-3-1-2-10(15(13)19)8-14-16(23)22(17(24)25-14)9-21-12-6-4-11(20)5-7-12/h1-8,21H,9H2. The van der Waals surface area contributed by atoms with Crippen LogP contribution in [0.5, 0.6) is 0 Å². The zero-order chi connectivity index (χ0) is 18.0. The second-order valence-corrected chi connectivity index (χ2v) is 8.80. The fourth-order valence-corrected chi connectivity index (χ4v) is 4.12. The van der Waals surface area contributed by atoms with Gasteiger partial charge in [-0.3, -0.25) is 9.69 Å². The van der Waals surface area contributed by atoms with Crippen LogP contribution in [0.4, 0.5) is 5.69 Å². The molecule has 3 nitrogen and oxygen atoms in total. The van der Waals surface area contributed by atoms with Crippen LogP contribution in [-0.2, 0) is 4.79 Å². The summed E-state index contributed by atoms with van der Waals surface area (Å²) in [7, 11) is 0. The minimum absolute atomic E-state index is 0.149. The lowest BCUT2D eigenvalue weighted by atomic mass is 10.2. The molecule has 0 radical (unpaired) electrons. The van der Waals surface area contributed by atoms with Crippen LogP contribution >= 0.6 is 69.8 Å². The molecule has 1 N–H and O–H groups in total. The first-order chi connectivity index (χ1) is 12.0. The largest absolute Gasteiger partial charge is 0.367 e. The lowest BCUT2D eigenvalue weighted by Gasteiger charge is -2.16. The maximum atomic E-state index is 12.6. The Hall–Kier alpha value is -0.800. The Kier molecular flexibility index (Phi) is 6.27. The molecule has 0 atom stereocenters. The van der Waals surface area contributed by atoms with Crippen molar-refractivity contribution >= 4 is 91.8 Å². The predicted molar refractivity (Wildman–Crippen MR) is 119 cm³/mol. The van der Waals surface area contributed by atoms with Gasteiger partial charge >= 0.3 is 0 Å². The molecule has 1 saturated heterocycles. The van der Waals surface area contributed by atoms with Gasteiger partial charge in [-0.2, -0.15) is 0 Å². The summed E-state index contributed by atoms with van der Waals surface area (Å²) in [4.78, 5) is 14.7. The second-order valence-electron chi connectivity index (χ2n) is 5.09. The van der Waals surface area contributed by atoms with Gasteiger partial charge in [0.25, 0.3) is 5.91 Å². The Balaban J connectivity index is 1.74. The molecule has 0 saturated carbocycles. The van der Waals surface area contributed by atoms with Gasteiger partial charge in [0.1, 0.15) is 4.32 Å². The summed E-state index contributed by atoms with van der Waals surface area (Å²) in [5.41, 5.74) is 1.62. The first kappa shape index (κ1) is 19.0. The number of carbonyl (C=O) groups is 1. The molecule has 2 aromatic rings. The quantitative estimate of drug-likeness (QED) is 0.310. The first-order valence-electron chi connectivity index (χ1n) is 7.14. The lowest BCUT2D eigenvalue weighted by molar-refractivity contribution is -0.121. The number of carbonyl (C=O) groups excluding carboxylic acids is 1. The number of benzene rings is 2. The minimum Gasteiger partial charge on any atom is -0.367 e. The third-order valence-corrected chi connectivity index (χ3v) is 6.36. The van der Waals surface area contributed by atoms with Crippen LogP contribution in [-0.4, -0.2) is 21.8 Å². The van der Waals surface area contributed by atoms with E-state index in [4.69, 9.17) is 35.4 Å². The summed E-state index contributed by atoms with van der Waals surface area (Å²) >= 11 is 21.0. The number of hydrogen-bond donors (Lipinski definition) is 1. The normalized spacial score (nSPS) is 16.0. The molecule has 128 valence electrons. The van der Waals surface area contributed by atoms with E-state index < -0.39 is 0 Å². The summed E-state index contributed by atoms with van der Waals surface area (Å²) in [5, 5.41) is 4.08. The van der Waals surface area contributed by atoms with Gasteiger partial charge in [0.15, 0.2) is 0 Å². The van der Waals surface area contributed by atoms with Gasteiger partial charge in [0.05, 0.1) is 21.6 Å². The highest BCUT2D eigenvalue weighted by atomic mass is 127. The highest BCUT2D eigenvalue weighted by molar-refractivity contribution is 14.1. The topological polar surface area (TPSA) is 32.3 Å². The molecule has 1 aliphatic heterocycles. The van der Waals surface area contributed by atoms with Crippen LogP contribution in [0.15, 0.2) is 47.4 Å². The molecule has 0 unspecified atom stereocenters. The Morgan fingerprint density at radius 2 is 1.92 bits per heavy atom. The van der Waals surface area contributed by atoms with Crippen molar-refractivity contribution in [3.05, 3.63) is 66.5 Å². The molecule has 0 aliphatic carbocycles. The zero-order valence-electron chi connectivity index (χ0n) is 12.6. The van der Waals surface area contributed by atoms with Gasteiger partial charge in [0.2, 0.25) is 0 Å². The van der Waals surface area contributed by atoms with Crippen LogP contribution in [0.2, 0.25) is 10.0 Å². The maximum absolute atomic E-state index is 12.6. The molecule has 3 rings (SSSR count). The monoisotopic (exact) mass is 520 g/mol. The van der Waals surface area contributed by atoms with Gasteiger partial charge < -0.3 is 5.32 Å². The van der Waals surface area contributed by atoms with E-state index in [1.54, 1.807) is 18.2 Å². The number of hydrogen-bond acceptors (Lipinski definition) is 4. The molecular weight excluding hydrogens is 510 g/mol. The average Bonchev–Trinajstić information content (AvgIpc) is 2.85. The van der Waals surface area contributed by atoms with E-state index >= 15 is 0 Å². The van der Waals surface area contributed by atoms with Crippen LogP contribution in [0.1, 0.15) is 5.56 Å². The van der Waals surface area contributed by atoms with Crippen LogP contribution in [0, 0.1) is 3.57 Å². The van der Waals surface area contributed by atoms with Crippen LogP contribution < -0.4 is 5.32 Å². The molecule has 25 heavy (non-hydrogen) atoms. The van der Waals surface area contributed by atoms with Crippen molar-refractivity contribution in [1.82, 2.24) is 4.90 Å². The van der Waals surface area contributed by atoms with E-state index in [-0.39, 0.29) is 5.91 Å². The first-order valence-corrected chi connectivity index (χ1v) is 10.2. The van der Waals surface area contributed by atoms with Crippen molar-refractivity contribution < 1.29 is 4.79 Å². The smallest absolute Gasteiger partial charge is 0.267 e. The number of rotatable bonds is 4. The summed E-state index contributed by atoms with van der Waals surface area (Å²) in [6.45, 7) is 0.311. The van der Waals surface area contributed by atoms with Crippen molar-refractivity contribution in [1.29, 1.82) is 0 Å². The molecule has 1 heterocycles. The Morgan fingerprint density at radius 3 is 2.64 bits per heavy atom. The third kappa shape index (κ3) is 4.49. The number of amides is 1. The van der Waals surface area contributed by atoms with E-state index in [1.165, 1.54) is 16.7 Å². The van der Waals surface area contributed by atoms with E-state index in [2.05, 4.69) is 27.9 Å². The van der Waals surface area contributed by atoms with Gasteiger partial charge in [-0.15, -0.1) is 0 Å². The molecule has 2 aromatic carbocycles. The fraction of sp³-hybridized carbons (Fsp3) is 0.0588. The molecule has 0 bridgehead atoms. The van der Waals surface area contributed by atoms with Crippen LogP contribution in [0.3, 0.4) is 0 Å². The molecule has 1 amide bonds. The van der Waals surface area contributed by atoms with Crippen LogP contribution in [0.25, 0.3) is 6.08 Å².